The lowest BCUT2D eigenvalue weighted by Crippen LogP contribution is -2.26. The maximum atomic E-state index is 12.7. The molecule has 0 atom stereocenters. The molecule has 0 saturated carbocycles. The molecule has 5 heteroatoms. The third-order valence-electron chi connectivity index (χ3n) is 6.14. The van der Waals surface area contributed by atoms with Gasteiger partial charge < -0.3 is 14.6 Å². The van der Waals surface area contributed by atoms with Crippen LogP contribution in [-0.2, 0) is 24.3 Å². The van der Waals surface area contributed by atoms with Gasteiger partial charge in [-0.1, -0.05) is 84.9 Å². The van der Waals surface area contributed by atoms with Crippen molar-refractivity contribution in [3.05, 3.63) is 121 Å². The molecule has 1 heterocycles. The molecule has 5 rings (SSSR count). The Balaban J connectivity index is 1.19. The van der Waals surface area contributed by atoms with Crippen molar-refractivity contribution in [2.24, 2.45) is 0 Å². The van der Waals surface area contributed by atoms with E-state index in [9.17, 15) is 4.79 Å². The number of nitrogens with zero attached hydrogens (tertiary/aromatic N) is 2. The molecule has 0 saturated heterocycles. The van der Waals surface area contributed by atoms with E-state index in [1.54, 1.807) is 0 Å². The summed E-state index contributed by atoms with van der Waals surface area (Å²) in [5, 5.41) is 3.06. The third-order valence-corrected chi connectivity index (χ3v) is 6.14. The van der Waals surface area contributed by atoms with Crippen LogP contribution in [0.2, 0.25) is 0 Å². The van der Waals surface area contributed by atoms with Crippen molar-refractivity contribution in [3.8, 4) is 16.9 Å². The summed E-state index contributed by atoms with van der Waals surface area (Å²) < 4.78 is 8.03. The van der Waals surface area contributed by atoms with Gasteiger partial charge in [0, 0.05) is 6.54 Å². The molecule has 36 heavy (non-hydrogen) atoms. The number of imidazole rings is 1. The van der Waals surface area contributed by atoms with Crippen LogP contribution in [0.25, 0.3) is 22.2 Å². The normalized spacial score (nSPS) is 10.9. The van der Waals surface area contributed by atoms with Gasteiger partial charge >= 0.3 is 0 Å². The van der Waals surface area contributed by atoms with Gasteiger partial charge in [-0.15, -0.1) is 0 Å². The molecule has 1 N–H and O–H groups in total. The lowest BCUT2D eigenvalue weighted by molar-refractivity contribution is -0.120. The first kappa shape index (κ1) is 23.4. The highest BCUT2D eigenvalue weighted by atomic mass is 16.5. The van der Waals surface area contributed by atoms with E-state index in [2.05, 4.69) is 40.2 Å². The molecule has 0 spiro atoms. The third kappa shape index (κ3) is 5.81. The van der Waals surface area contributed by atoms with Crippen molar-refractivity contribution < 1.29 is 9.53 Å². The summed E-state index contributed by atoms with van der Waals surface area (Å²) in [4.78, 5) is 17.5. The minimum absolute atomic E-state index is 0.0199. The van der Waals surface area contributed by atoms with Crippen LogP contribution in [0.5, 0.6) is 5.75 Å². The minimum atomic E-state index is -0.0199. The molecule has 0 aliphatic heterocycles. The first-order valence-electron chi connectivity index (χ1n) is 12.3. The number of benzene rings is 4. The molecule has 0 fully saturated rings. The molecule has 0 bridgehead atoms. The van der Waals surface area contributed by atoms with Crippen molar-refractivity contribution >= 4 is 16.9 Å². The number of hydrogen-bond donors (Lipinski definition) is 1. The molecule has 180 valence electrons. The second-order valence-corrected chi connectivity index (χ2v) is 8.70. The Morgan fingerprint density at radius 3 is 2.22 bits per heavy atom. The Morgan fingerprint density at radius 2 is 1.44 bits per heavy atom. The van der Waals surface area contributed by atoms with E-state index in [0.29, 0.717) is 19.6 Å². The van der Waals surface area contributed by atoms with E-state index in [-0.39, 0.29) is 5.91 Å². The number of ether oxygens (including phenoxy) is 1. The zero-order valence-corrected chi connectivity index (χ0v) is 20.1. The quantitative estimate of drug-likeness (QED) is 0.251. The van der Waals surface area contributed by atoms with Gasteiger partial charge in [-0.2, -0.15) is 0 Å². The van der Waals surface area contributed by atoms with E-state index in [0.717, 1.165) is 46.7 Å². The van der Waals surface area contributed by atoms with Gasteiger partial charge in [0.15, 0.2) is 0 Å². The number of hydrogen-bond acceptors (Lipinski definition) is 3. The number of para-hydroxylation sites is 3. The van der Waals surface area contributed by atoms with E-state index >= 15 is 0 Å². The molecule has 0 unspecified atom stereocenters. The van der Waals surface area contributed by atoms with Crippen LogP contribution in [0.1, 0.15) is 17.8 Å². The van der Waals surface area contributed by atoms with E-state index in [1.165, 1.54) is 5.56 Å². The van der Waals surface area contributed by atoms with Gasteiger partial charge in [-0.25, -0.2) is 4.98 Å². The monoisotopic (exact) mass is 475 g/mol. The van der Waals surface area contributed by atoms with Gasteiger partial charge in [0.25, 0.3) is 0 Å². The zero-order valence-electron chi connectivity index (χ0n) is 20.1. The highest BCUT2D eigenvalue weighted by Gasteiger charge is 2.12. The summed E-state index contributed by atoms with van der Waals surface area (Å²) in [6.45, 7) is 1.76. The van der Waals surface area contributed by atoms with Crippen LogP contribution in [-0.4, -0.2) is 22.1 Å². The number of nitrogens with one attached hydrogen (secondary N) is 1. The number of rotatable bonds is 10. The maximum absolute atomic E-state index is 12.7. The molecule has 0 radical (unpaired) electrons. The Bertz CT molecular complexity index is 1410. The number of carbonyl (C=O) groups excluding carboxylic acids is 1. The Hall–Kier alpha value is -4.38. The van der Waals surface area contributed by atoms with Gasteiger partial charge in [-0.3, -0.25) is 4.79 Å². The first-order valence-corrected chi connectivity index (χ1v) is 12.3. The predicted octanol–water partition coefficient (Wildman–Crippen LogP) is 6.03. The highest BCUT2D eigenvalue weighted by molar-refractivity contribution is 5.79. The van der Waals surface area contributed by atoms with Crippen LogP contribution in [0.4, 0.5) is 0 Å². The second kappa shape index (κ2) is 11.4. The number of carbonyl (C=O) groups is 1. The molecular formula is C31H29N3O2. The number of aromatic nitrogens is 2. The summed E-state index contributed by atoms with van der Waals surface area (Å²) in [6, 6.07) is 36.3. The first-order chi connectivity index (χ1) is 17.8. The van der Waals surface area contributed by atoms with Crippen molar-refractivity contribution in [2.45, 2.75) is 25.9 Å². The van der Waals surface area contributed by atoms with Crippen LogP contribution < -0.4 is 10.1 Å². The van der Waals surface area contributed by atoms with Gasteiger partial charge in [-0.05, 0) is 47.4 Å². The van der Waals surface area contributed by atoms with Crippen molar-refractivity contribution in [1.82, 2.24) is 14.9 Å². The van der Waals surface area contributed by atoms with Crippen molar-refractivity contribution in [1.29, 1.82) is 0 Å². The van der Waals surface area contributed by atoms with E-state index in [4.69, 9.17) is 9.72 Å². The molecule has 4 aromatic carbocycles. The smallest absolute Gasteiger partial charge is 0.224 e. The Kier molecular flexibility index (Phi) is 7.38. The average Bonchev–Trinajstić information content (AvgIpc) is 3.29. The summed E-state index contributed by atoms with van der Waals surface area (Å²) >= 11 is 0. The van der Waals surface area contributed by atoms with Gasteiger partial charge in [0.05, 0.1) is 30.6 Å². The van der Waals surface area contributed by atoms with Gasteiger partial charge in [0.2, 0.25) is 5.91 Å². The topological polar surface area (TPSA) is 56.2 Å². The maximum Gasteiger partial charge on any atom is 0.224 e. The van der Waals surface area contributed by atoms with Crippen LogP contribution in [0.15, 0.2) is 109 Å². The molecular weight excluding hydrogens is 446 g/mol. The van der Waals surface area contributed by atoms with Gasteiger partial charge in [0.1, 0.15) is 11.6 Å². The number of amides is 1. The number of fused-ring (bicyclic) bond motifs is 1. The Labute approximate surface area is 211 Å². The Morgan fingerprint density at radius 1 is 0.778 bits per heavy atom. The summed E-state index contributed by atoms with van der Waals surface area (Å²) in [5.41, 5.74) is 5.30. The van der Waals surface area contributed by atoms with E-state index < -0.39 is 0 Å². The van der Waals surface area contributed by atoms with Crippen molar-refractivity contribution in [2.75, 3.05) is 6.61 Å². The molecule has 1 aromatic heterocycles. The van der Waals surface area contributed by atoms with Crippen molar-refractivity contribution in [3.63, 3.8) is 0 Å². The fourth-order valence-corrected chi connectivity index (χ4v) is 4.31. The second-order valence-electron chi connectivity index (χ2n) is 8.70. The highest BCUT2D eigenvalue weighted by Crippen LogP contribution is 2.20. The summed E-state index contributed by atoms with van der Waals surface area (Å²) in [7, 11) is 0. The lowest BCUT2D eigenvalue weighted by Gasteiger charge is -2.11. The standard InChI is InChI=1S/C31H29N3O2/c35-31(22-24-16-18-26(19-17-24)25-10-3-1-4-11-25)32-23-30-33-28-14-7-8-15-29(28)34(30)20-9-21-36-27-12-5-2-6-13-27/h1-8,10-19H,9,20-23H2,(H,32,35). The molecule has 5 aromatic rings. The summed E-state index contributed by atoms with van der Waals surface area (Å²) in [6.07, 6.45) is 1.17. The van der Waals surface area contributed by atoms with Crippen LogP contribution >= 0.6 is 0 Å². The molecule has 1 amide bonds. The largest absolute Gasteiger partial charge is 0.494 e. The molecule has 0 aliphatic carbocycles. The fourth-order valence-electron chi connectivity index (χ4n) is 4.31. The zero-order chi connectivity index (χ0) is 24.6. The van der Waals surface area contributed by atoms with Crippen LogP contribution in [0.3, 0.4) is 0 Å². The average molecular weight is 476 g/mol. The van der Waals surface area contributed by atoms with E-state index in [1.807, 2.05) is 78.9 Å². The predicted molar refractivity (Wildman–Crippen MR) is 144 cm³/mol. The molecule has 0 aliphatic rings. The lowest BCUT2D eigenvalue weighted by atomic mass is 10.0. The van der Waals surface area contributed by atoms with Crippen LogP contribution in [0, 0.1) is 0 Å². The number of aryl methyl sites for hydroxylation is 1. The molecule has 5 nitrogen and oxygen atoms in total. The fraction of sp³-hybridized carbons (Fsp3) is 0.161. The summed E-state index contributed by atoms with van der Waals surface area (Å²) in [5.74, 6) is 1.70. The SMILES string of the molecule is O=C(Cc1ccc(-c2ccccc2)cc1)NCc1nc2ccccc2n1CCCOc1ccccc1. The minimum Gasteiger partial charge on any atom is -0.494 e.